The van der Waals surface area contributed by atoms with Crippen molar-refractivity contribution in [2.24, 2.45) is 0 Å². The summed E-state index contributed by atoms with van der Waals surface area (Å²) in [7, 11) is 2.96. The Bertz CT molecular complexity index is 1210. The number of rotatable bonds is 8. The SMILES string of the molecule is COc1cc(OC)nc(Oc2cccc(-c3ccccc3)c2C(=O)OCc2ccccc2)n1. The molecule has 0 amide bonds. The maximum atomic E-state index is 13.3. The summed E-state index contributed by atoms with van der Waals surface area (Å²) in [5, 5.41) is 0. The number of carbonyl (C=O) groups is 1. The van der Waals surface area contributed by atoms with Crippen LogP contribution in [0.2, 0.25) is 0 Å². The highest BCUT2D eigenvalue weighted by atomic mass is 16.5. The molecule has 33 heavy (non-hydrogen) atoms. The molecule has 0 radical (unpaired) electrons. The minimum Gasteiger partial charge on any atom is -0.481 e. The minimum absolute atomic E-state index is 0.0199. The monoisotopic (exact) mass is 442 g/mol. The number of hydrogen-bond donors (Lipinski definition) is 0. The zero-order valence-corrected chi connectivity index (χ0v) is 18.2. The standard InChI is InChI=1S/C26H22N2O5/c1-30-22-16-23(31-2)28-26(27-22)33-21-15-9-14-20(19-12-7-4-8-13-19)24(21)25(29)32-17-18-10-5-3-6-11-18/h3-16H,17H2,1-2H3. The lowest BCUT2D eigenvalue weighted by molar-refractivity contribution is 0.0470. The molecule has 0 unspecified atom stereocenters. The van der Waals surface area contributed by atoms with Crippen LogP contribution in [0.1, 0.15) is 15.9 Å². The van der Waals surface area contributed by atoms with Gasteiger partial charge in [-0.15, -0.1) is 0 Å². The molecule has 3 aromatic carbocycles. The maximum absolute atomic E-state index is 13.3. The first kappa shape index (κ1) is 21.8. The van der Waals surface area contributed by atoms with Crippen molar-refractivity contribution in [2.75, 3.05) is 14.2 Å². The van der Waals surface area contributed by atoms with E-state index in [0.717, 1.165) is 11.1 Å². The van der Waals surface area contributed by atoms with Crippen LogP contribution in [0.3, 0.4) is 0 Å². The first-order valence-electron chi connectivity index (χ1n) is 10.2. The number of carbonyl (C=O) groups excluding carboxylic acids is 1. The summed E-state index contributed by atoms with van der Waals surface area (Å²) < 4.78 is 22.0. The van der Waals surface area contributed by atoms with Gasteiger partial charge >= 0.3 is 12.0 Å². The van der Waals surface area contributed by atoms with Gasteiger partial charge in [0, 0.05) is 0 Å². The van der Waals surface area contributed by atoms with Gasteiger partial charge in [0.1, 0.15) is 17.9 Å². The van der Waals surface area contributed by atoms with Crippen molar-refractivity contribution in [1.29, 1.82) is 0 Å². The smallest absolute Gasteiger partial charge is 0.342 e. The van der Waals surface area contributed by atoms with E-state index in [9.17, 15) is 4.79 Å². The van der Waals surface area contributed by atoms with Crippen molar-refractivity contribution in [1.82, 2.24) is 9.97 Å². The van der Waals surface area contributed by atoms with Crippen molar-refractivity contribution in [3.05, 3.63) is 96.1 Å². The van der Waals surface area contributed by atoms with E-state index in [1.54, 1.807) is 12.1 Å². The number of ether oxygens (including phenoxy) is 4. The first-order chi connectivity index (χ1) is 16.2. The third kappa shape index (κ3) is 5.27. The molecule has 0 aliphatic heterocycles. The predicted molar refractivity (Wildman–Crippen MR) is 123 cm³/mol. The van der Waals surface area contributed by atoms with E-state index in [-0.39, 0.29) is 35.7 Å². The Labute approximate surface area is 191 Å². The van der Waals surface area contributed by atoms with Crippen molar-refractivity contribution in [2.45, 2.75) is 6.61 Å². The second kappa shape index (κ2) is 10.3. The molecule has 4 aromatic rings. The van der Waals surface area contributed by atoms with Crippen LogP contribution in [0.5, 0.6) is 23.5 Å². The van der Waals surface area contributed by atoms with Gasteiger partial charge in [0.15, 0.2) is 0 Å². The highest BCUT2D eigenvalue weighted by Crippen LogP contribution is 2.34. The van der Waals surface area contributed by atoms with Crippen LogP contribution < -0.4 is 14.2 Å². The molecule has 166 valence electrons. The summed E-state index contributed by atoms with van der Waals surface area (Å²) in [5.41, 5.74) is 2.66. The van der Waals surface area contributed by atoms with Gasteiger partial charge in [0.05, 0.1) is 20.3 Å². The second-order valence-electron chi connectivity index (χ2n) is 6.94. The zero-order chi connectivity index (χ0) is 23.0. The molecular formula is C26H22N2O5. The number of methoxy groups -OCH3 is 2. The van der Waals surface area contributed by atoms with Crippen molar-refractivity contribution < 1.29 is 23.7 Å². The average Bonchev–Trinajstić information content (AvgIpc) is 2.88. The predicted octanol–water partition coefficient (Wildman–Crippen LogP) is 5.31. The molecule has 0 spiro atoms. The van der Waals surface area contributed by atoms with Crippen LogP contribution in [0.4, 0.5) is 0 Å². The van der Waals surface area contributed by atoms with Crippen LogP contribution in [-0.2, 0) is 11.3 Å². The van der Waals surface area contributed by atoms with E-state index >= 15 is 0 Å². The highest BCUT2D eigenvalue weighted by molar-refractivity contribution is 6.00. The molecule has 0 saturated heterocycles. The lowest BCUT2D eigenvalue weighted by Gasteiger charge is -2.15. The van der Waals surface area contributed by atoms with Crippen LogP contribution in [0, 0.1) is 0 Å². The molecule has 1 heterocycles. The van der Waals surface area contributed by atoms with E-state index in [1.807, 2.05) is 66.7 Å². The van der Waals surface area contributed by atoms with E-state index in [2.05, 4.69) is 9.97 Å². The Morgan fingerprint density at radius 3 is 2.06 bits per heavy atom. The van der Waals surface area contributed by atoms with Gasteiger partial charge in [-0.05, 0) is 22.8 Å². The Morgan fingerprint density at radius 2 is 1.42 bits per heavy atom. The summed E-state index contributed by atoms with van der Waals surface area (Å²) in [5.74, 6) is 0.265. The van der Waals surface area contributed by atoms with Crippen LogP contribution in [0.15, 0.2) is 84.9 Å². The molecule has 0 aliphatic carbocycles. The summed E-state index contributed by atoms with van der Waals surface area (Å²) in [6.45, 7) is 0.131. The molecule has 1 aromatic heterocycles. The normalized spacial score (nSPS) is 10.4. The molecule has 0 saturated carbocycles. The second-order valence-corrected chi connectivity index (χ2v) is 6.94. The van der Waals surface area contributed by atoms with E-state index in [4.69, 9.17) is 18.9 Å². The Balaban J connectivity index is 1.73. The van der Waals surface area contributed by atoms with E-state index in [1.165, 1.54) is 20.3 Å². The fraction of sp³-hybridized carbons (Fsp3) is 0.115. The lowest BCUT2D eigenvalue weighted by Crippen LogP contribution is -2.09. The third-order valence-electron chi connectivity index (χ3n) is 4.81. The topological polar surface area (TPSA) is 79.8 Å². The molecule has 0 bridgehead atoms. The number of aromatic nitrogens is 2. The summed E-state index contributed by atoms with van der Waals surface area (Å²) in [6.07, 6.45) is 0. The van der Waals surface area contributed by atoms with Crippen molar-refractivity contribution in [3.8, 4) is 34.6 Å². The lowest BCUT2D eigenvalue weighted by atomic mass is 9.99. The van der Waals surface area contributed by atoms with Crippen molar-refractivity contribution in [3.63, 3.8) is 0 Å². The molecule has 0 aliphatic rings. The van der Waals surface area contributed by atoms with Gasteiger partial charge in [0.25, 0.3) is 0 Å². The quantitative estimate of drug-likeness (QED) is 0.342. The van der Waals surface area contributed by atoms with Gasteiger partial charge in [-0.2, -0.15) is 9.97 Å². The molecule has 0 N–H and O–H groups in total. The number of benzene rings is 3. The molecule has 4 rings (SSSR count). The summed E-state index contributed by atoms with van der Waals surface area (Å²) in [6, 6.07) is 25.8. The first-order valence-corrected chi connectivity index (χ1v) is 10.2. The van der Waals surface area contributed by atoms with Crippen LogP contribution in [0.25, 0.3) is 11.1 Å². The molecule has 0 atom stereocenters. The van der Waals surface area contributed by atoms with Gasteiger partial charge in [0.2, 0.25) is 11.8 Å². The van der Waals surface area contributed by atoms with Crippen molar-refractivity contribution >= 4 is 5.97 Å². The molecule has 7 nitrogen and oxygen atoms in total. The fourth-order valence-corrected chi connectivity index (χ4v) is 3.22. The Morgan fingerprint density at radius 1 is 0.788 bits per heavy atom. The van der Waals surface area contributed by atoms with Gasteiger partial charge in [-0.1, -0.05) is 72.8 Å². The fourth-order valence-electron chi connectivity index (χ4n) is 3.22. The molecule has 7 heteroatoms. The zero-order valence-electron chi connectivity index (χ0n) is 18.2. The summed E-state index contributed by atoms with van der Waals surface area (Å²) in [4.78, 5) is 21.7. The van der Waals surface area contributed by atoms with Crippen LogP contribution >= 0.6 is 0 Å². The Kier molecular flexibility index (Phi) is 6.80. The van der Waals surface area contributed by atoms with Gasteiger partial charge < -0.3 is 18.9 Å². The average molecular weight is 442 g/mol. The minimum atomic E-state index is -0.525. The van der Waals surface area contributed by atoms with Gasteiger partial charge in [-0.25, -0.2) is 4.79 Å². The third-order valence-corrected chi connectivity index (χ3v) is 4.81. The molecular weight excluding hydrogens is 420 g/mol. The largest absolute Gasteiger partial charge is 0.481 e. The number of hydrogen-bond acceptors (Lipinski definition) is 7. The highest BCUT2D eigenvalue weighted by Gasteiger charge is 2.22. The van der Waals surface area contributed by atoms with E-state index in [0.29, 0.717) is 5.56 Å². The van der Waals surface area contributed by atoms with Gasteiger partial charge in [-0.3, -0.25) is 0 Å². The number of esters is 1. The summed E-state index contributed by atoms with van der Waals surface area (Å²) >= 11 is 0. The molecule has 0 fully saturated rings. The Hall–Kier alpha value is -4.39. The number of nitrogens with zero attached hydrogens (tertiary/aromatic N) is 2. The van der Waals surface area contributed by atoms with E-state index < -0.39 is 5.97 Å². The maximum Gasteiger partial charge on any atom is 0.342 e. The van der Waals surface area contributed by atoms with Crippen LogP contribution in [-0.4, -0.2) is 30.2 Å².